The van der Waals surface area contributed by atoms with Gasteiger partial charge in [-0.1, -0.05) is 11.8 Å². The van der Waals surface area contributed by atoms with Gasteiger partial charge in [0, 0.05) is 24.7 Å². The minimum Gasteiger partial charge on any atom is -0.493 e. The fraction of sp³-hybridized carbons (Fsp3) is 0.185. The first kappa shape index (κ1) is 26.7. The molecule has 5 N–H and O–H groups in total. The summed E-state index contributed by atoms with van der Waals surface area (Å²) in [7, 11) is 2.94. The third kappa shape index (κ3) is 5.52. The normalized spacial score (nSPS) is 10.6. The van der Waals surface area contributed by atoms with E-state index in [2.05, 4.69) is 26.5 Å². The first-order valence-corrected chi connectivity index (χ1v) is 11.6. The van der Waals surface area contributed by atoms with Crippen LogP contribution in [-0.4, -0.2) is 40.0 Å². The van der Waals surface area contributed by atoms with Crippen molar-refractivity contribution in [1.82, 2.24) is 14.5 Å². The van der Waals surface area contributed by atoms with Crippen LogP contribution in [0.5, 0.6) is 17.2 Å². The quantitative estimate of drug-likeness (QED) is 0.248. The molecular weight excluding hydrogens is 509 g/mol. The molecule has 0 radical (unpaired) electrons. The van der Waals surface area contributed by atoms with E-state index >= 15 is 4.39 Å². The number of halogens is 1. The second kappa shape index (κ2) is 11.0. The van der Waals surface area contributed by atoms with Crippen LogP contribution in [0.1, 0.15) is 29.2 Å². The molecule has 200 valence electrons. The van der Waals surface area contributed by atoms with Crippen molar-refractivity contribution in [3.8, 4) is 29.1 Å². The fourth-order valence-corrected chi connectivity index (χ4v) is 4.05. The molecule has 11 nitrogen and oxygen atoms in total. The van der Waals surface area contributed by atoms with E-state index in [0.29, 0.717) is 41.1 Å². The van der Waals surface area contributed by atoms with Crippen molar-refractivity contribution in [2.24, 2.45) is 0 Å². The van der Waals surface area contributed by atoms with Crippen LogP contribution in [0.25, 0.3) is 10.9 Å². The van der Waals surface area contributed by atoms with Gasteiger partial charge in [-0.2, -0.15) is 4.98 Å². The van der Waals surface area contributed by atoms with E-state index in [-0.39, 0.29) is 22.7 Å². The average Bonchev–Trinajstić information content (AvgIpc) is 2.90. The summed E-state index contributed by atoms with van der Waals surface area (Å²) in [4.78, 5) is 31.6. The molecule has 0 spiro atoms. The van der Waals surface area contributed by atoms with Crippen LogP contribution >= 0.6 is 0 Å². The number of fused-ring (bicyclic) bond motifs is 1. The second-order valence-electron chi connectivity index (χ2n) is 8.27. The lowest BCUT2D eigenvalue weighted by Gasteiger charge is -2.13. The molecule has 0 aliphatic heterocycles. The molecule has 0 unspecified atom stereocenters. The maximum Gasteiger partial charge on any atom is 0.511 e. The summed E-state index contributed by atoms with van der Waals surface area (Å²) in [6, 6.07) is 5.95. The Morgan fingerprint density at radius 2 is 1.85 bits per heavy atom. The van der Waals surface area contributed by atoms with Crippen molar-refractivity contribution in [3.05, 3.63) is 75.0 Å². The Morgan fingerprint density at radius 1 is 1.10 bits per heavy atom. The number of hydrogen-bond acceptors (Lipinski definition) is 9. The fourth-order valence-electron chi connectivity index (χ4n) is 4.05. The molecular formula is C27H24FN5O6. The standard InChI is InChI=1S/C27H24FN5O6/c1-4-33-13-22(39-27(35)36)23(34)18-11-19(28)15(10-20(18)33)5-6-16-7-14(9-21(37-2)24(16)38-3)8-17-12-31-26(30)32-25(17)29/h7,9-13H,4,8H2,1-3H3,(H,35,36)(H4,29,30,31,32). The number of aromatic nitrogens is 3. The SMILES string of the molecule is CCn1cc(OC(=O)O)c(=O)c2cc(F)c(C#Cc3cc(Cc4cnc(N)nc4N)cc(OC)c3OC)cc21. The Balaban J connectivity index is 1.82. The third-order valence-corrected chi connectivity index (χ3v) is 5.86. The van der Waals surface area contributed by atoms with Crippen LogP contribution in [0.2, 0.25) is 0 Å². The summed E-state index contributed by atoms with van der Waals surface area (Å²) >= 11 is 0. The highest BCUT2D eigenvalue weighted by molar-refractivity contribution is 5.83. The van der Waals surface area contributed by atoms with E-state index in [0.717, 1.165) is 11.6 Å². The van der Waals surface area contributed by atoms with Gasteiger partial charge in [0.05, 0.1) is 42.4 Å². The zero-order valence-electron chi connectivity index (χ0n) is 21.2. The van der Waals surface area contributed by atoms with Gasteiger partial charge in [-0.05, 0) is 36.8 Å². The highest BCUT2D eigenvalue weighted by Gasteiger charge is 2.16. The largest absolute Gasteiger partial charge is 0.511 e. The van der Waals surface area contributed by atoms with E-state index in [1.54, 1.807) is 23.6 Å². The van der Waals surface area contributed by atoms with Crippen LogP contribution in [-0.2, 0) is 13.0 Å². The number of nitrogen functional groups attached to an aromatic ring is 2. The summed E-state index contributed by atoms with van der Waals surface area (Å²) in [5, 5.41) is 8.87. The van der Waals surface area contributed by atoms with Gasteiger partial charge in [-0.15, -0.1) is 0 Å². The third-order valence-electron chi connectivity index (χ3n) is 5.86. The van der Waals surface area contributed by atoms with Crippen molar-refractivity contribution in [2.45, 2.75) is 19.9 Å². The Kier molecular flexibility index (Phi) is 7.53. The van der Waals surface area contributed by atoms with Crippen molar-refractivity contribution < 1.29 is 28.5 Å². The number of carbonyl (C=O) groups is 1. The molecule has 0 saturated heterocycles. The molecule has 12 heteroatoms. The predicted octanol–water partition coefficient (Wildman–Crippen LogP) is 3.18. The van der Waals surface area contributed by atoms with Gasteiger partial charge in [0.1, 0.15) is 11.6 Å². The number of nitrogens with two attached hydrogens (primary N) is 2. The molecule has 2 aromatic heterocycles. The number of anilines is 2. The number of carboxylic acid groups (broad SMARTS) is 1. The van der Waals surface area contributed by atoms with Gasteiger partial charge >= 0.3 is 6.16 Å². The van der Waals surface area contributed by atoms with Crippen LogP contribution < -0.4 is 31.1 Å². The number of ether oxygens (including phenoxy) is 3. The summed E-state index contributed by atoms with van der Waals surface area (Å²) in [6.07, 6.45) is 1.49. The zero-order valence-corrected chi connectivity index (χ0v) is 21.2. The van der Waals surface area contributed by atoms with Crippen molar-refractivity contribution >= 4 is 28.8 Å². The van der Waals surface area contributed by atoms with Gasteiger partial charge in [-0.3, -0.25) is 4.79 Å². The summed E-state index contributed by atoms with van der Waals surface area (Å²) in [5.74, 6) is 5.60. The van der Waals surface area contributed by atoms with Crippen LogP contribution in [0.4, 0.5) is 21.0 Å². The van der Waals surface area contributed by atoms with Gasteiger partial charge in [-0.25, -0.2) is 14.2 Å². The monoisotopic (exact) mass is 533 g/mol. The van der Waals surface area contributed by atoms with Gasteiger partial charge in [0.25, 0.3) is 0 Å². The van der Waals surface area contributed by atoms with E-state index < -0.39 is 23.2 Å². The first-order chi connectivity index (χ1) is 18.6. The van der Waals surface area contributed by atoms with Gasteiger partial charge in [0.15, 0.2) is 17.2 Å². The Hall–Kier alpha value is -5.31. The topological polar surface area (TPSA) is 165 Å². The molecule has 2 aromatic carbocycles. The highest BCUT2D eigenvalue weighted by Crippen LogP contribution is 2.33. The maximum atomic E-state index is 15.1. The van der Waals surface area contributed by atoms with E-state index in [1.165, 1.54) is 32.7 Å². The predicted molar refractivity (Wildman–Crippen MR) is 142 cm³/mol. The number of hydrogen-bond donors (Lipinski definition) is 3. The Bertz CT molecular complexity index is 1720. The minimum atomic E-state index is -1.64. The molecule has 4 aromatic rings. The Labute approximate surface area is 221 Å². The number of pyridine rings is 1. The smallest absolute Gasteiger partial charge is 0.493 e. The van der Waals surface area contributed by atoms with Crippen LogP contribution in [0.3, 0.4) is 0 Å². The lowest BCUT2D eigenvalue weighted by molar-refractivity contribution is 0.144. The van der Waals surface area contributed by atoms with Crippen molar-refractivity contribution in [1.29, 1.82) is 0 Å². The zero-order chi connectivity index (χ0) is 28.3. The molecule has 39 heavy (non-hydrogen) atoms. The minimum absolute atomic E-state index is 0.0126. The second-order valence-corrected chi connectivity index (χ2v) is 8.27. The number of methoxy groups -OCH3 is 2. The van der Waals surface area contributed by atoms with Crippen molar-refractivity contribution in [2.75, 3.05) is 25.7 Å². The molecule has 0 fully saturated rings. The maximum absolute atomic E-state index is 15.1. The number of rotatable bonds is 6. The molecule has 4 rings (SSSR count). The number of aryl methyl sites for hydroxylation is 1. The summed E-state index contributed by atoms with van der Waals surface area (Å²) < 4.78 is 32.2. The molecule has 2 heterocycles. The highest BCUT2D eigenvalue weighted by atomic mass is 19.1. The molecule has 0 aliphatic carbocycles. The molecule has 0 atom stereocenters. The summed E-state index contributed by atoms with van der Waals surface area (Å²) in [6.45, 7) is 2.14. The van der Waals surface area contributed by atoms with Gasteiger partial charge < -0.3 is 35.4 Å². The summed E-state index contributed by atoms with van der Waals surface area (Å²) in [5.41, 5.74) is 13.0. The molecule has 0 saturated carbocycles. The lowest BCUT2D eigenvalue weighted by atomic mass is 10.0. The lowest BCUT2D eigenvalue weighted by Crippen LogP contribution is -2.16. The average molecular weight is 534 g/mol. The molecule has 0 aliphatic rings. The molecule has 0 amide bonds. The molecule has 0 bridgehead atoms. The number of benzene rings is 2. The number of nitrogens with zero attached hydrogens (tertiary/aromatic N) is 3. The van der Waals surface area contributed by atoms with Crippen molar-refractivity contribution in [3.63, 3.8) is 0 Å². The van der Waals surface area contributed by atoms with E-state index in [9.17, 15) is 9.59 Å². The van der Waals surface area contributed by atoms with E-state index in [4.69, 9.17) is 26.0 Å². The van der Waals surface area contributed by atoms with Crippen LogP contribution in [0.15, 0.2) is 41.5 Å². The Morgan fingerprint density at radius 3 is 2.49 bits per heavy atom. The van der Waals surface area contributed by atoms with E-state index in [1.807, 2.05) is 0 Å². The van der Waals surface area contributed by atoms with Gasteiger partial charge in [0.2, 0.25) is 11.4 Å². The first-order valence-electron chi connectivity index (χ1n) is 11.6. The van der Waals surface area contributed by atoms with Crippen LogP contribution in [0, 0.1) is 17.7 Å².